The van der Waals surface area contributed by atoms with Crippen LogP contribution >= 0.6 is 0 Å². The number of hydrogen-bond donors (Lipinski definition) is 1. The molecular weight excluding hydrogens is 416 g/mol. The van der Waals surface area contributed by atoms with Crippen molar-refractivity contribution < 1.29 is 9.53 Å². The number of aromatic nitrogens is 5. The van der Waals surface area contributed by atoms with E-state index in [2.05, 4.69) is 24.9 Å². The second kappa shape index (κ2) is 8.88. The number of benzene rings is 1. The molecule has 0 atom stereocenters. The van der Waals surface area contributed by atoms with Crippen molar-refractivity contribution in [2.24, 2.45) is 0 Å². The Hall–Kier alpha value is -4.59. The van der Waals surface area contributed by atoms with Gasteiger partial charge in [-0.25, -0.2) is 19.7 Å². The van der Waals surface area contributed by atoms with Gasteiger partial charge in [-0.15, -0.1) is 0 Å². The van der Waals surface area contributed by atoms with Gasteiger partial charge in [0.25, 0.3) is 0 Å². The SMILES string of the molecule is COC(=O)c1ccc(CN(c2cnccn2)c2cc(-c3c[nH]c4ncccc34)ccn2)cc1. The minimum absolute atomic E-state index is 0.366. The third-order valence-corrected chi connectivity index (χ3v) is 5.33. The van der Waals surface area contributed by atoms with Crippen LogP contribution in [0.4, 0.5) is 11.6 Å². The third kappa shape index (κ3) is 4.14. The highest BCUT2D eigenvalue weighted by Gasteiger charge is 2.16. The van der Waals surface area contributed by atoms with Crippen LogP contribution < -0.4 is 4.90 Å². The summed E-state index contributed by atoms with van der Waals surface area (Å²) in [6.07, 6.45) is 10.5. The predicted molar refractivity (Wildman–Crippen MR) is 125 cm³/mol. The molecule has 0 saturated heterocycles. The van der Waals surface area contributed by atoms with Crippen molar-refractivity contribution in [3.05, 3.63) is 96.8 Å². The molecule has 0 aliphatic rings. The van der Waals surface area contributed by atoms with E-state index in [0.717, 1.165) is 33.5 Å². The van der Waals surface area contributed by atoms with Crippen molar-refractivity contribution in [3.8, 4) is 11.1 Å². The van der Waals surface area contributed by atoms with Crippen molar-refractivity contribution in [1.82, 2.24) is 24.9 Å². The molecule has 162 valence electrons. The first-order chi connectivity index (χ1) is 16.2. The molecule has 0 bridgehead atoms. The first-order valence-electron chi connectivity index (χ1n) is 10.3. The van der Waals surface area contributed by atoms with Crippen LogP contribution in [0.25, 0.3) is 22.2 Å². The highest BCUT2D eigenvalue weighted by Crippen LogP contribution is 2.31. The van der Waals surface area contributed by atoms with Crippen LogP contribution in [0.1, 0.15) is 15.9 Å². The number of anilines is 2. The van der Waals surface area contributed by atoms with Gasteiger partial charge in [-0.3, -0.25) is 4.98 Å². The van der Waals surface area contributed by atoms with E-state index in [9.17, 15) is 4.79 Å². The minimum atomic E-state index is -0.366. The zero-order valence-corrected chi connectivity index (χ0v) is 17.8. The van der Waals surface area contributed by atoms with E-state index in [4.69, 9.17) is 4.74 Å². The molecule has 0 fully saturated rings. The Labute approximate surface area is 190 Å². The fourth-order valence-corrected chi connectivity index (χ4v) is 3.68. The molecule has 4 aromatic heterocycles. The van der Waals surface area contributed by atoms with Gasteiger partial charge in [0.1, 0.15) is 11.5 Å². The van der Waals surface area contributed by atoms with Crippen LogP contribution in [0.3, 0.4) is 0 Å². The molecule has 8 nitrogen and oxygen atoms in total. The molecule has 4 heterocycles. The second-order valence-corrected chi connectivity index (χ2v) is 7.34. The van der Waals surface area contributed by atoms with Gasteiger partial charge in [-0.1, -0.05) is 12.1 Å². The molecule has 1 aromatic carbocycles. The number of fused-ring (bicyclic) bond motifs is 1. The molecule has 0 spiro atoms. The number of ether oxygens (including phenoxy) is 1. The summed E-state index contributed by atoms with van der Waals surface area (Å²) in [5, 5.41) is 1.04. The Morgan fingerprint density at radius 1 is 0.970 bits per heavy atom. The molecule has 5 rings (SSSR count). The molecule has 1 N–H and O–H groups in total. The standard InChI is InChI=1S/C25H20N6O2/c1-33-25(32)18-6-4-17(5-7-18)16-31(23-15-26-11-12-28-23)22-13-19(8-10-27-22)21-14-30-24-20(21)3-2-9-29-24/h2-15H,16H2,1H3,(H,29,30). The lowest BCUT2D eigenvalue weighted by molar-refractivity contribution is 0.0600. The molecule has 0 saturated carbocycles. The average molecular weight is 436 g/mol. The maximum atomic E-state index is 11.8. The topological polar surface area (TPSA) is 96.9 Å². The highest BCUT2D eigenvalue weighted by atomic mass is 16.5. The Bertz CT molecular complexity index is 1400. The van der Waals surface area contributed by atoms with E-state index < -0.39 is 0 Å². The van der Waals surface area contributed by atoms with Crippen LogP contribution in [0.15, 0.2) is 85.7 Å². The molecule has 0 aliphatic heterocycles. The number of carbonyl (C=O) groups is 1. The predicted octanol–water partition coefficient (Wildman–Crippen LogP) is 4.54. The van der Waals surface area contributed by atoms with Crippen molar-refractivity contribution in [2.75, 3.05) is 12.0 Å². The van der Waals surface area contributed by atoms with Gasteiger partial charge in [0, 0.05) is 41.9 Å². The molecule has 5 aromatic rings. The van der Waals surface area contributed by atoms with Crippen LogP contribution in [0.5, 0.6) is 0 Å². The molecule has 0 unspecified atom stereocenters. The van der Waals surface area contributed by atoms with Crippen molar-refractivity contribution in [2.45, 2.75) is 6.54 Å². The van der Waals surface area contributed by atoms with Gasteiger partial charge in [-0.05, 0) is 47.5 Å². The first-order valence-corrected chi connectivity index (χ1v) is 10.3. The number of aromatic amines is 1. The van der Waals surface area contributed by atoms with Crippen molar-refractivity contribution in [3.63, 3.8) is 0 Å². The summed E-state index contributed by atoms with van der Waals surface area (Å²) in [5.74, 6) is 1.03. The number of hydrogen-bond acceptors (Lipinski definition) is 7. The van der Waals surface area contributed by atoms with E-state index in [-0.39, 0.29) is 5.97 Å². The number of nitrogens with zero attached hydrogens (tertiary/aromatic N) is 5. The molecular formula is C25H20N6O2. The summed E-state index contributed by atoms with van der Waals surface area (Å²) in [7, 11) is 1.37. The van der Waals surface area contributed by atoms with Crippen LogP contribution in [-0.4, -0.2) is 38.0 Å². The number of pyridine rings is 2. The number of methoxy groups -OCH3 is 1. The Morgan fingerprint density at radius 3 is 2.61 bits per heavy atom. The second-order valence-electron chi connectivity index (χ2n) is 7.34. The van der Waals surface area contributed by atoms with Crippen LogP contribution in [0.2, 0.25) is 0 Å². The Morgan fingerprint density at radius 2 is 1.82 bits per heavy atom. The number of nitrogens with one attached hydrogen (secondary N) is 1. The van der Waals surface area contributed by atoms with E-state index in [1.54, 1.807) is 43.1 Å². The summed E-state index contributed by atoms with van der Waals surface area (Å²) in [5.41, 5.74) is 4.37. The van der Waals surface area contributed by atoms with Gasteiger partial charge in [-0.2, -0.15) is 0 Å². The molecule has 0 radical (unpaired) electrons. The maximum Gasteiger partial charge on any atom is 0.337 e. The first kappa shape index (κ1) is 20.3. The minimum Gasteiger partial charge on any atom is -0.465 e. The molecule has 8 heteroatoms. The van der Waals surface area contributed by atoms with Crippen molar-refractivity contribution >= 4 is 28.6 Å². The van der Waals surface area contributed by atoms with Gasteiger partial charge >= 0.3 is 5.97 Å². The average Bonchev–Trinajstić information content (AvgIpc) is 3.32. The van der Waals surface area contributed by atoms with Gasteiger partial charge < -0.3 is 14.6 Å². The summed E-state index contributed by atoms with van der Waals surface area (Å²) < 4.78 is 4.79. The van der Waals surface area contributed by atoms with Crippen molar-refractivity contribution in [1.29, 1.82) is 0 Å². The monoisotopic (exact) mass is 436 g/mol. The smallest absolute Gasteiger partial charge is 0.337 e. The summed E-state index contributed by atoms with van der Waals surface area (Å²) >= 11 is 0. The quantitative estimate of drug-likeness (QED) is 0.390. The van der Waals surface area contributed by atoms with E-state index >= 15 is 0 Å². The molecule has 0 aliphatic carbocycles. The molecule has 0 amide bonds. The normalized spacial score (nSPS) is 10.8. The Balaban J connectivity index is 1.52. The fraction of sp³-hybridized carbons (Fsp3) is 0.0800. The maximum absolute atomic E-state index is 11.8. The van der Waals surface area contributed by atoms with Crippen LogP contribution in [0, 0.1) is 0 Å². The van der Waals surface area contributed by atoms with Crippen LogP contribution in [-0.2, 0) is 11.3 Å². The molecule has 33 heavy (non-hydrogen) atoms. The van der Waals surface area contributed by atoms with Gasteiger partial charge in [0.05, 0.1) is 25.4 Å². The van der Waals surface area contributed by atoms with E-state index in [0.29, 0.717) is 17.9 Å². The third-order valence-electron chi connectivity index (χ3n) is 5.33. The Kier molecular flexibility index (Phi) is 5.47. The zero-order valence-electron chi connectivity index (χ0n) is 17.8. The van der Waals surface area contributed by atoms with Gasteiger partial charge in [0.2, 0.25) is 0 Å². The lowest BCUT2D eigenvalue weighted by Gasteiger charge is -2.23. The number of esters is 1. The number of carbonyl (C=O) groups excluding carboxylic acids is 1. The number of rotatable bonds is 6. The lowest BCUT2D eigenvalue weighted by atomic mass is 10.1. The fourth-order valence-electron chi connectivity index (χ4n) is 3.68. The highest BCUT2D eigenvalue weighted by molar-refractivity contribution is 5.94. The summed E-state index contributed by atoms with van der Waals surface area (Å²) in [6.45, 7) is 0.492. The zero-order chi connectivity index (χ0) is 22.6. The van der Waals surface area contributed by atoms with E-state index in [1.807, 2.05) is 47.5 Å². The number of H-pyrrole nitrogens is 1. The largest absolute Gasteiger partial charge is 0.465 e. The van der Waals surface area contributed by atoms with Gasteiger partial charge in [0.15, 0.2) is 5.82 Å². The summed E-state index contributed by atoms with van der Waals surface area (Å²) in [6, 6.07) is 15.2. The summed E-state index contributed by atoms with van der Waals surface area (Å²) in [4.78, 5) is 34.7. The van der Waals surface area contributed by atoms with E-state index in [1.165, 1.54) is 7.11 Å². The lowest BCUT2D eigenvalue weighted by Crippen LogP contribution is -2.19.